The van der Waals surface area contributed by atoms with E-state index in [1.165, 1.54) is 26.1 Å². The zero-order chi connectivity index (χ0) is 34.8. The molecular weight excluding hydrogens is 643 g/mol. The summed E-state index contributed by atoms with van der Waals surface area (Å²) >= 11 is 0. The maximum Gasteiger partial charge on any atom is 0.410 e. The van der Waals surface area contributed by atoms with Crippen molar-refractivity contribution in [3.63, 3.8) is 0 Å². The number of ether oxygens (including phenoxy) is 1. The number of hydrogen-bond donors (Lipinski definition) is 1. The number of piperazine rings is 1. The summed E-state index contributed by atoms with van der Waals surface area (Å²) in [5.74, 6) is -0.459. The lowest BCUT2D eigenvalue weighted by atomic mass is 9.81. The van der Waals surface area contributed by atoms with Crippen molar-refractivity contribution in [1.82, 2.24) is 23.4 Å². The van der Waals surface area contributed by atoms with Crippen LogP contribution in [0.5, 0.6) is 0 Å². The standard InChI is InChI=1S/C37H45N5O6S/c1-37(2,3)48-36(45)41-22-27-19-28(41)21-40(27)35(44)26-17-24-13-9-10-14-29(24)33-32(23-11-7-6-8-12-23)30-16-15-25(18-31(30)42(33)20-26)34(43)38-49(46,47)39(4)5/h9-10,13-18,23,27-28H,6-8,11-12,19-22H2,1-5H3,(H,38,43)/t27-,28-/m0/s1. The smallest absolute Gasteiger partial charge is 0.410 e. The maximum absolute atomic E-state index is 14.5. The second kappa shape index (κ2) is 12.3. The van der Waals surface area contributed by atoms with E-state index in [9.17, 15) is 22.8 Å². The van der Waals surface area contributed by atoms with Crippen molar-refractivity contribution in [2.75, 3.05) is 27.2 Å². The Morgan fingerprint density at radius 1 is 0.939 bits per heavy atom. The molecule has 3 aromatic rings. The minimum absolute atomic E-state index is 0.0639. The van der Waals surface area contributed by atoms with Gasteiger partial charge in [0.15, 0.2) is 0 Å². The van der Waals surface area contributed by atoms with E-state index in [1.54, 1.807) is 17.0 Å². The number of rotatable bonds is 5. The fourth-order valence-electron chi connectivity index (χ4n) is 8.06. The summed E-state index contributed by atoms with van der Waals surface area (Å²) in [5, 5.41) is 1.02. The van der Waals surface area contributed by atoms with Crippen LogP contribution in [0.4, 0.5) is 4.79 Å². The number of amides is 3. The van der Waals surface area contributed by atoms with E-state index >= 15 is 0 Å². The third-order valence-corrected chi connectivity index (χ3v) is 11.8. The van der Waals surface area contributed by atoms with Gasteiger partial charge in [0.05, 0.1) is 24.3 Å². The lowest BCUT2D eigenvalue weighted by Crippen LogP contribution is -2.52. The number of carbonyl (C=O) groups is 3. The first kappa shape index (κ1) is 33.3. The minimum Gasteiger partial charge on any atom is -0.444 e. The van der Waals surface area contributed by atoms with Gasteiger partial charge in [-0.25, -0.2) is 9.52 Å². The Morgan fingerprint density at radius 3 is 2.31 bits per heavy atom. The highest BCUT2D eigenvalue weighted by molar-refractivity contribution is 7.87. The van der Waals surface area contributed by atoms with E-state index in [0.717, 1.165) is 57.7 Å². The highest BCUT2D eigenvalue weighted by Gasteiger charge is 2.49. The largest absolute Gasteiger partial charge is 0.444 e. The van der Waals surface area contributed by atoms with E-state index in [2.05, 4.69) is 15.4 Å². The number of aromatic nitrogens is 1. The molecule has 49 heavy (non-hydrogen) atoms. The Balaban J connectivity index is 1.29. The Bertz CT molecular complexity index is 1990. The quantitative estimate of drug-likeness (QED) is 0.378. The summed E-state index contributed by atoms with van der Waals surface area (Å²) in [6.07, 6.45) is 7.97. The van der Waals surface area contributed by atoms with Crippen molar-refractivity contribution in [3.8, 4) is 11.3 Å². The first-order chi connectivity index (χ1) is 23.2. The van der Waals surface area contributed by atoms with Crippen LogP contribution in [0.3, 0.4) is 0 Å². The molecule has 1 aromatic heterocycles. The van der Waals surface area contributed by atoms with Crippen molar-refractivity contribution < 1.29 is 27.5 Å². The molecular formula is C37H45N5O6S. The average molecular weight is 688 g/mol. The number of hydrogen-bond acceptors (Lipinski definition) is 6. The van der Waals surface area contributed by atoms with Crippen LogP contribution in [-0.2, 0) is 26.3 Å². The maximum atomic E-state index is 14.5. The zero-order valence-corrected chi connectivity index (χ0v) is 29.7. The van der Waals surface area contributed by atoms with Gasteiger partial charge >= 0.3 is 16.3 Å². The van der Waals surface area contributed by atoms with E-state index in [1.807, 2.05) is 56.0 Å². The van der Waals surface area contributed by atoms with E-state index in [4.69, 9.17) is 4.74 Å². The van der Waals surface area contributed by atoms with Gasteiger partial charge in [-0.3, -0.25) is 9.59 Å². The molecule has 2 bridgehead atoms. The van der Waals surface area contributed by atoms with Gasteiger partial charge in [-0.15, -0.1) is 0 Å². The molecule has 2 atom stereocenters. The SMILES string of the molecule is CN(C)S(=O)(=O)NC(=O)c1ccc2c(C3CCCCC3)c3n(c2c1)CC(C(=O)N1C[C@@H]2C[C@H]1CN2C(=O)OC(C)(C)C)=Cc1ccccc1-3. The van der Waals surface area contributed by atoms with Crippen LogP contribution in [0.2, 0.25) is 0 Å². The highest BCUT2D eigenvalue weighted by Crippen LogP contribution is 2.47. The topological polar surface area (TPSA) is 121 Å². The van der Waals surface area contributed by atoms with Crippen LogP contribution >= 0.6 is 0 Å². The first-order valence-corrected chi connectivity index (χ1v) is 18.7. The summed E-state index contributed by atoms with van der Waals surface area (Å²) in [6.45, 7) is 6.73. The molecule has 11 nitrogen and oxygen atoms in total. The minimum atomic E-state index is -3.99. The molecule has 3 fully saturated rings. The van der Waals surface area contributed by atoms with E-state index in [-0.39, 0.29) is 36.2 Å². The molecule has 3 aliphatic heterocycles. The van der Waals surface area contributed by atoms with Gasteiger partial charge in [0.1, 0.15) is 5.60 Å². The predicted octanol–water partition coefficient (Wildman–Crippen LogP) is 5.51. The van der Waals surface area contributed by atoms with Crippen LogP contribution in [0.25, 0.3) is 28.2 Å². The first-order valence-electron chi connectivity index (χ1n) is 17.2. The molecule has 0 radical (unpaired) electrons. The molecule has 0 spiro atoms. The van der Waals surface area contributed by atoms with Crippen LogP contribution in [0, 0.1) is 0 Å². The third-order valence-electron chi connectivity index (χ3n) is 10.4. The number of likely N-dealkylation sites (tertiary alicyclic amines) is 2. The van der Waals surface area contributed by atoms with E-state index < -0.39 is 21.7 Å². The molecule has 1 saturated carbocycles. The second-order valence-corrected chi connectivity index (χ2v) is 16.9. The van der Waals surface area contributed by atoms with Gasteiger partial charge in [0, 0.05) is 54.8 Å². The molecule has 260 valence electrons. The van der Waals surface area contributed by atoms with Crippen LogP contribution in [-0.4, -0.2) is 89.9 Å². The van der Waals surface area contributed by atoms with E-state index in [0.29, 0.717) is 31.0 Å². The predicted molar refractivity (Wildman–Crippen MR) is 188 cm³/mol. The van der Waals surface area contributed by atoms with Gasteiger partial charge in [-0.1, -0.05) is 49.6 Å². The lowest BCUT2D eigenvalue weighted by Gasteiger charge is -2.35. The lowest BCUT2D eigenvalue weighted by molar-refractivity contribution is -0.129. The van der Waals surface area contributed by atoms with Crippen LogP contribution < -0.4 is 4.72 Å². The van der Waals surface area contributed by atoms with Crippen LogP contribution in [0.1, 0.15) is 86.7 Å². The molecule has 7 rings (SSSR count). The average Bonchev–Trinajstić information content (AvgIpc) is 3.72. The molecule has 4 aliphatic rings. The summed E-state index contributed by atoms with van der Waals surface area (Å²) in [4.78, 5) is 44.3. The number of nitrogens with one attached hydrogen (secondary N) is 1. The third kappa shape index (κ3) is 6.14. The fraction of sp³-hybridized carbons (Fsp3) is 0.486. The molecule has 2 saturated heterocycles. The Morgan fingerprint density at radius 2 is 1.63 bits per heavy atom. The highest BCUT2D eigenvalue weighted by atomic mass is 32.2. The zero-order valence-electron chi connectivity index (χ0n) is 28.9. The number of fused-ring (bicyclic) bond motifs is 7. The summed E-state index contributed by atoms with van der Waals surface area (Å²) in [7, 11) is -1.26. The summed E-state index contributed by atoms with van der Waals surface area (Å²) in [5.41, 5.74) is 5.31. The Labute approximate surface area is 288 Å². The normalized spacial score (nSPS) is 21.0. The van der Waals surface area contributed by atoms with Crippen molar-refractivity contribution in [2.24, 2.45) is 0 Å². The van der Waals surface area contributed by atoms with Crippen molar-refractivity contribution in [3.05, 3.63) is 64.7 Å². The van der Waals surface area contributed by atoms with Gasteiger partial charge in [-0.2, -0.15) is 12.7 Å². The number of benzene rings is 2. The van der Waals surface area contributed by atoms with Crippen LogP contribution in [0.15, 0.2) is 48.0 Å². The molecule has 3 amide bonds. The van der Waals surface area contributed by atoms with Crippen molar-refractivity contribution in [1.29, 1.82) is 0 Å². The molecule has 4 heterocycles. The molecule has 2 aromatic carbocycles. The monoisotopic (exact) mass is 687 g/mol. The van der Waals surface area contributed by atoms with Crippen molar-refractivity contribution >= 4 is 45.1 Å². The molecule has 1 N–H and O–H groups in total. The molecule has 0 unspecified atom stereocenters. The number of carbonyl (C=O) groups excluding carboxylic acids is 3. The van der Waals surface area contributed by atoms with Crippen molar-refractivity contribution in [2.45, 2.75) is 89.4 Å². The summed E-state index contributed by atoms with van der Waals surface area (Å²) in [6, 6.07) is 13.4. The second-order valence-electron chi connectivity index (χ2n) is 15.0. The molecule has 12 heteroatoms. The van der Waals surface area contributed by atoms with Gasteiger partial charge < -0.3 is 19.1 Å². The van der Waals surface area contributed by atoms with Gasteiger partial charge in [-0.05, 0) is 75.3 Å². The molecule has 1 aliphatic carbocycles. The fourth-order valence-corrected chi connectivity index (χ4v) is 8.59. The summed E-state index contributed by atoms with van der Waals surface area (Å²) < 4.78 is 36.0. The van der Waals surface area contributed by atoms with Gasteiger partial charge in [0.2, 0.25) is 0 Å². The van der Waals surface area contributed by atoms with Gasteiger partial charge in [0.25, 0.3) is 11.8 Å². The number of nitrogens with zero attached hydrogens (tertiary/aromatic N) is 4. The Hall–Kier alpha value is -4.16. The Kier molecular flexibility index (Phi) is 8.38.